The maximum atomic E-state index is 12.3. The van der Waals surface area contributed by atoms with E-state index in [9.17, 15) is 9.59 Å². The van der Waals surface area contributed by atoms with E-state index in [1.165, 1.54) is 0 Å². The predicted octanol–water partition coefficient (Wildman–Crippen LogP) is 4.78. The molecule has 0 atom stereocenters. The maximum Gasteiger partial charge on any atom is 0.339 e. The van der Waals surface area contributed by atoms with Crippen LogP contribution in [0.2, 0.25) is 0 Å². The second-order valence-corrected chi connectivity index (χ2v) is 5.80. The lowest BCUT2D eigenvalue weighted by molar-refractivity contribution is 0.0436. The summed E-state index contributed by atoms with van der Waals surface area (Å²) in [6, 6.07) is 16.0. The Balaban J connectivity index is 1.94. The summed E-state index contributed by atoms with van der Waals surface area (Å²) in [5, 5.41) is 0. The highest BCUT2D eigenvalue weighted by Gasteiger charge is 2.18. The summed E-state index contributed by atoms with van der Waals surface area (Å²) in [4.78, 5) is 24.6. The molecule has 0 aromatic heterocycles. The molecule has 0 amide bonds. The third-order valence-electron chi connectivity index (χ3n) is 3.81. The second-order valence-electron chi connectivity index (χ2n) is 5.80. The Morgan fingerprint density at radius 3 is 2.00 bits per heavy atom. The molecule has 0 saturated heterocycles. The molecule has 0 aliphatic rings. The van der Waals surface area contributed by atoms with Crippen molar-refractivity contribution in [3.63, 3.8) is 0 Å². The highest BCUT2D eigenvalue weighted by molar-refractivity contribution is 6.03. The molecular weight excluding hydrogens is 316 g/mol. The van der Waals surface area contributed by atoms with E-state index in [1.807, 2.05) is 30.3 Å². The number of benzene rings is 2. The van der Waals surface area contributed by atoms with Gasteiger partial charge < -0.3 is 9.47 Å². The summed E-state index contributed by atoms with van der Waals surface area (Å²) in [6.45, 7) is 2.66. The highest BCUT2D eigenvalue weighted by atomic mass is 16.5. The molecule has 0 bridgehead atoms. The van der Waals surface area contributed by atoms with Crippen molar-refractivity contribution >= 4 is 11.9 Å². The Kier molecular flexibility index (Phi) is 7.70. The van der Waals surface area contributed by atoms with Gasteiger partial charge in [-0.3, -0.25) is 0 Å². The van der Waals surface area contributed by atoms with Crippen molar-refractivity contribution in [3.05, 3.63) is 71.3 Å². The second kappa shape index (κ2) is 10.3. The number of unbranched alkanes of at least 4 members (excludes halogenated alkanes) is 3. The van der Waals surface area contributed by atoms with Gasteiger partial charge >= 0.3 is 11.9 Å². The number of carbonyl (C=O) groups is 2. The molecule has 0 aliphatic carbocycles. The molecule has 0 unspecified atom stereocenters. The predicted molar refractivity (Wildman–Crippen MR) is 96.4 cm³/mol. The van der Waals surface area contributed by atoms with E-state index in [-0.39, 0.29) is 17.7 Å². The largest absolute Gasteiger partial charge is 0.462 e. The van der Waals surface area contributed by atoms with Crippen molar-refractivity contribution in [1.82, 2.24) is 0 Å². The highest BCUT2D eigenvalue weighted by Crippen LogP contribution is 2.14. The van der Waals surface area contributed by atoms with E-state index in [1.54, 1.807) is 24.3 Å². The minimum atomic E-state index is -0.526. The van der Waals surface area contributed by atoms with Gasteiger partial charge in [0, 0.05) is 0 Å². The summed E-state index contributed by atoms with van der Waals surface area (Å²) >= 11 is 0. The zero-order valence-electron chi connectivity index (χ0n) is 14.6. The normalized spacial score (nSPS) is 10.3. The van der Waals surface area contributed by atoms with E-state index in [4.69, 9.17) is 9.47 Å². The molecule has 2 rings (SSSR count). The zero-order valence-corrected chi connectivity index (χ0v) is 14.6. The standard InChI is InChI=1S/C21H24O4/c1-2-3-4-10-15-24-20(22)18-13-8-9-14-19(18)21(23)25-16-17-11-6-5-7-12-17/h5-9,11-14H,2-4,10,15-16H2,1H3. The summed E-state index contributed by atoms with van der Waals surface area (Å²) in [7, 11) is 0. The Bertz CT molecular complexity index is 679. The monoisotopic (exact) mass is 340 g/mol. The van der Waals surface area contributed by atoms with Gasteiger partial charge in [-0.2, -0.15) is 0 Å². The molecule has 2 aromatic carbocycles. The first-order valence-corrected chi connectivity index (χ1v) is 8.69. The molecule has 0 saturated carbocycles. The summed E-state index contributed by atoms with van der Waals surface area (Å²) in [6.07, 6.45) is 4.12. The van der Waals surface area contributed by atoms with E-state index in [0.29, 0.717) is 6.61 Å². The van der Waals surface area contributed by atoms with Gasteiger partial charge in [0.25, 0.3) is 0 Å². The topological polar surface area (TPSA) is 52.6 Å². The van der Waals surface area contributed by atoms with Gasteiger partial charge in [-0.1, -0.05) is 68.7 Å². The molecule has 0 heterocycles. The van der Waals surface area contributed by atoms with Crippen LogP contribution in [0.25, 0.3) is 0 Å². The van der Waals surface area contributed by atoms with Crippen molar-refractivity contribution < 1.29 is 19.1 Å². The van der Waals surface area contributed by atoms with E-state index in [2.05, 4.69) is 6.92 Å². The smallest absolute Gasteiger partial charge is 0.339 e. The number of hydrogen-bond acceptors (Lipinski definition) is 4. The van der Waals surface area contributed by atoms with Crippen LogP contribution in [0, 0.1) is 0 Å². The molecule has 132 valence electrons. The third-order valence-corrected chi connectivity index (χ3v) is 3.81. The van der Waals surface area contributed by atoms with Crippen LogP contribution < -0.4 is 0 Å². The minimum absolute atomic E-state index is 0.167. The minimum Gasteiger partial charge on any atom is -0.462 e. The first-order valence-electron chi connectivity index (χ1n) is 8.69. The van der Waals surface area contributed by atoms with Gasteiger partial charge in [-0.25, -0.2) is 9.59 Å². The van der Waals surface area contributed by atoms with Gasteiger partial charge in [0.1, 0.15) is 6.61 Å². The zero-order chi connectivity index (χ0) is 17.9. The maximum absolute atomic E-state index is 12.3. The number of carbonyl (C=O) groups excluding carboxylic acids is 2. The average Bonchev–Trinajstić information content (AvgIpc) is 2.66. The van der Waals surface area contributed by atoms with E-state index >= 15 is 0 Å². The van der Waals surface area contributed by atoms with Crippen molar-refractivity contribution in [2.75, 3.05) is 6.61 Å². The van der Waals surface area contributed by atoms with Gasteiger partial charge in [0.05, 0.1) is 17.7 Å². The fourth-order valence-corrected chi connectivity index (χ4v) is 2.41. The SMILES string of the molecule is CCCCCCOC(=O)c1ccccc1C(=O)OCc1ccccc1. The van der Waals surface area contributed by atoms with Crippen LogP contribution >= 0.6 is 0 Å². The molecule has 25 heavy (non-hydrogen) atoms. The Hall–Kier alpha value is -2.62. The molecule has 4 heteroatoms. The summed E-state index contributed by atoms with van der Waals surface area (Å²) < 4.78 is 10.6. The molecule has 2 aromatic rings. The van der Waals surface area contributed by atoms with Crippen molar-refractivity contribution in [2.24, 2.45) is 0 Å². The van der Waals surface area contributed by atoms with Crippen molar-refractivity contribution in [2.45, 2.75) is 39.2 Å². The fraction of sp³-hybridized carbons (Fsp3) is 0.333. The van der Waals surface area contributed by atoms with Gasteiger partial charge in [-0.05, 0) is 24.1 Å². The summed E-state index contributed by atoms with van der Waals surface area (Å²) in [5.41, 5.74) is 1.37. The van der Waals surface area contributed by atoms with Gasteiger partial charge in [0.2, 0.25) is 0 Å². The van der Waals surface area contributed by atoms with Crippen LogP contribution in [-0.4, -0.2) is 18.5 Å². The van der Waals surface area contributed by atoms with Crippen LogP contribution in [-0.2, 0) is 16.1 Å². The van der Waals surface area contributed by atoms with Crippen LogP contribution in [0.5, 0.6) is 0 Å². The van der Waals surface area contributed by atoms with Crippen molar-refractivity contribution in [3.8, 4) is 0 Å². The number of hydrogen-bond donors (Lipinski definition) is 0. The molecule has 4 nitrogen and oxygen atoms in total. The molecule has 0 radical (unpaired) electrons. The third kappa shape index (κ3) is 6.07. The first-order chi connectivity index (χ1) is 12.2. The van der Waals surface area contributed by atoms with Gasteiger partial charge in [-0.15, -0.1) is 0 Å². The first kappa shape index (κ1) is 18.7. The van der Waals surface area contributed by atoms with Crippen LogP contribution in [0.1, 0.15) is 58.9 Å². The molecular formula is C21H24O4. The summed E-state index contributed by atoms with van der Waals surface area (Å²) in [5.74, 6) is -1.01. The van der Waals surface area contributed by atoms with Gasteiger partial charge in [0.15, 0.2) is 0 Å². The lowest BCUT2D eigenvalue weighted by Crippen LogP contribution is -2.14. The Labute approximate surface area is 148 Å². The van der Waals surface area contributed by atoms with E-state index < -0.39 is 11.9 Å². The molecule has 0 spiro atoms. The lowest BCUT2D eigenvalue weighted by Gasteiger charge is -2.10. The number of ether oxygens (including phenoxy) is 2. The Morgan fingerprint density at radius 2 is 1.36 bits per heavy atom. The quantitative estimate of drug-likeness (QED) is 0.487. The molecule has 0 fully saturated rings. The van der Waals surface area contributed by atoms with Crippen LogP contribution in [0.4, 0.5) is 0 Å². The molecule has 0 aliphatic heterocycles. The average molecular weight is 340 g/mol. The Morgan fingerprint density at radius 1 is 0.760 bits per heavy atom. The van der Waals surface area contributed by atoms with E-state index in [0.717, 1.165) is 31.2 Å². The van der Waals surface area contributed by atoms with Crippen LogP contribution in [0.15, 0.2) is 54.6 Å². The van der Waals surface area contributed by atoms with Crippen molar-refractivity contribution in [1.29, 1.82) is 0 Å². The van der Waals surface area contributed by atoms with Crippen LogP contribution in [0.3, 0.4) is 0 Å². The number of rotatable bonds is 9. The lowest BCUT2D eigenvalue weighted by atomic mass is 10.1. The fourth-order valence-electron chi connectivity index (χ4n) is 2.41. The number of esters is 2. The molecule has 0 N–H and O–H groups in total.